The first kappa shape index (κ1) is 19.7. The van der Waals surface area contributed by atoms with Crippen molar-refractivity contribution in [2.24, 2.45) is 0 Å². The number of Topliss-reactive ketones (excluding diaryl/α,β-unsaturated/α-hetero) is 1. The minimum absolute atomic E-state index is 0.171. The second kappa shape index (κ2) is 5.93. The van der Waals surface area contributed by atoms with Crippen LogP contribution < -0.4 is 0 Å². The molecule has 0 aromatic heterocycles. The molecular formula is C18H28O4S. The topological polar surface area (TPSA) is 71.4 Å². The van der Waals surface area contributed by atoms with E-state index in [-0.39, 0.29) is 16.6 Å². The predicted octanol–water partition coefficient (Wildman–Crippen LogP) is 3.66. The zero-order valence-corrected chi connectivity index (χ0v) is 16.1. The largest absolute Gasteiger partial charge is 0.507 e. The summed E-state index contributed by atoms with van der Waals surface area (Å²) in [5.41, 5.74) is 0.968. The molecule has 1 rings (SSSR count). The summed E-state index contributed by atoms with van der Waals surface area (Å²) in [6, 6.07) is 3.30. The SMILES string of the molecule is CC(=O)C(c1cc(C(C)(C)C)c(O)c(C(C)(C)C)c1)S(C)(=O)=O. The molecule has 130 valence electrons. The Hall–Kier alpha value is -1.36. The Kier molecular flexibility index (Phi) is 5.08. The first-order valence-electron chi connectivity index (χ1n) is 7.64. The number of aromatic hydroxyl groups is 1. The van der Waals surface area contributed by atoms with Crippen molar-refractivity contribution >= 4 is 15.6 Å². The van der Waals surface area contributed by atoms with E-state index in [0.717, 1.165) is 6.26 Å². The summed E-state index contributed by atoms with van der Waals surface area (Å²) in [5, 5.41) is 9.47. The van der Waals surface area contributed by atoms with Crippen LogP contribution in [0.15, 0.2) is 12.1 Å². The van der Waals surface area contributed by atoms with Gasteiger partial charge in [-0.15, -0.1) is 0 Å². The molecule has 1 unspecified atom stereocenters. The second-order valence-electron chi connectivity index (χ2n) is 8.28. The van der Waals surface area contributed by atoms with Gasteiger partial charge in [-0.25, -0.2) is 8.42 Å². The van der Waals surface area contributed by atoms with Crippen LogP contribution >= 0.6 is 0 Å². The van der Waals surface area contributed by atoms with Crippen LogP contribution in [0, 0.1) is 0 Å². The summed E-state index contributed by atoms with van der Waals surface area (Å²) in [6.07, 6.45) is 1.07. The Bertz CT molecular complexity index is 681. The molecule has 0 spiro atoms. The lowest BCUT2D eigenvalue weighted by molar-refractivity contribution is -0.116. The fourth-order valence-electron chi connectivity index (χ4n) is 2.73. The van der Waals surface area contributed by atoms with E-state index in [1.54, 1.807) is 12.1 Å². The lowest BCUT2D eigenvalue weighted by Gasteiger charge is -2.29. The van der Waals surface area contributed by atoms with Gasteiger partial charge >= 0.3 is 0 Å². The molecule has 0 aliphatic carbocycles. The van der Waals surface area contributed by atoms with Gasteiger partial charge in [-0.2, -0.15) is 0 Å². The summed E-state index contributed by atoms with van der Waals surface area (Å²) in [7, 11) is -3.59. The van der Waals surface area contributed by atoms with Crippen molar-refractivity contribution in [2.45, 2.75) is 64.5 Å². The molecule has 0 aliphatic heterocycles. The Labute approximate surface area is 139 Å². The lowest BCUT2D eigenvalue weighted by Crippen LogP contribution is -2.23. The van der Waals surface area contributed by atoms with Crippen LogP contribution in [0.3, 0.4) is 0 Å². The quantitative estimate of drug-likeness (QED) is 0.911. The van der Waals surface area contributed by atoms with Crippen molar-refractivity contribution in [3.05, 3.63) is 28.8 Å². The van der Waals surface area contributed by atoms with Gasteiger partial charge in [0.15, 0.2) is 15.6 Å². The molecule has 1 aromatic rings. The van der Waals surface area contributed by atoms with Crippen LogP contribution in [-0.2, 0) is 25.5 Å². The standard InChI is InChI=1S/C18H28O4S/c1-11(19)16(23(8,21)22)12-9-13(17(2,3)4)15(20)14(10-12)18(5,6)7/h9-10,16,20H,1-8H3. The van der Waals surface area contributed by atoms with Crippen molar-refractivity contribution < 1.29 is 18.3 Å². The number of rotatable bonds is 3. The van der Waals surface area contributed by atoms with E-state index in [4.69, 9.17) is 0 Å². The van der Waals surface area contributed by atoms with Crippen molar-refractivity contribution in [2.75, 3.05) is 6.26 Å². The van der Waals surface area contributed by atoms with Crippen molar-refractivity contribution in [3.63, 3.8) is 0 Å². The number of ketones is 1. The molecule has 0 aliphatic rings. The summed E-state index contributed by atoms with van der Waals surface area (Å²) < 4.78 is 24.2. The van der Waals surface area contributed by atoms with Crippen LogP contribution in [0.5, 0.6) is 5.75 Å². The molecule has 0 saturated heterocycles. The van der Waals surface area contributed by atoms with E-state index in [1.807, 2.05) is 41.5 Å². The van der Waals surface area contributed by atoms with Gasteiger partial charge in [-0.1, -0.05) is 41.5 Å². The van der Waals surface area contributed by atoms with Gasteiger partial charge in [-0.05, 0) is 46.6 Å². The highest BCUT2D eigenvalue weighted by Gasteiger charge is 2.33. The Morgan fingerprint density at radius 2 is 1.35 bits per heavy atom. The molecule has 0 fully saturated rings. The smallest absolute Gasteiger partial charge is 0.161 e. The van der Waals surface area contributed by atoms with Gasteiger partial charge < -0.3 is 5.11 Å². The van der Waals surface area contributed by atoms with Gasteiger partial charge in [0.25, 0.3) is 0 Å². The van der Waals surface area contributed by atoms with Gasteiger partial charge in [0.2, 0.25) is 0 Å². The predicted molar refractivity (Wildman–Crippen MR) is 93.8 cm³/mol. The third kappa shape index (κ3) is 4.34. The van der Waals surface area contributed by atoms with Crippen LogP contribution in [0.2, 0.25) is 0 Å². The number of phenols is 1. The molecule has 1 aromatic carbocycles. The Morgan fingerprint density at radius 1 is 1.00 bits per heavy atom. The van der Waals surface area contributed by atoms with Crippen LogP contribution in [0.25, 0.3) is 0 Å². The van der Waals surface area contributed by atoms with Crippen molar-refractivity contribution in [1.82, 2.24) is 0 Å². The molecule has 0 radical (unpaired) electrons. The highest BCUT2D eigenvalue weighted by Crippen LogP contribution is 2.41. The molecule has 23 heavy (non-hydrogen) atoms. The lowest BCUT2D eigenvalue weighted by atomic mass is 9.78. The summed E-state index contributed by atoms with van der Waals surface area (Å²) >= 11 is 0. The zero-order valence-electron chi connectivity index (χ0n) is 15.3. The fourth-order valence-corrected chi connectivity index (χ4v) is 3.97. The van der Waals surface area contributed by atoms with E-state index in [9.17, 15) is 18.3 Å². The maximum Gasteiger partial charge on any atom is 0.161 e. The van der Waals surface area contributed by atoms with E-state index >= 15 is 0 Å². The van der Waals surface area contributed by atoms with Gasteiger partial charge in [-0.3, -0.25) is 4.79 Å². The number of carbonyl (C=O) groups excluding carboxylic acids is 1. The Morgan fingerprint density at radius 3 is 1.57 bits per heavy atom. The van der Waals surface area contributed by atoms with E-state index in [2.05, 4.69) is 0 Å². The first-order chi connectivity index (χ1) is 10.1. The number of sulfone groups is 1. The van der Waals surface area contributed by atoms with E-state index < -0.39 is 20.9 Å². The molecule has 0 saturated carbocycles. The number of phenolic OH excluding ortho intramolecular Hbond substituents is 1. The van der Waals surface area contributed by atoms with Crippen LogP contribution in [0.4, 0.5) is 0 Å². The normalized spacial score (nSPS) is 14.6. The highest BCUT2D eigenvalue weighted by atomic mass is 32.2. The van der Waals surface area contributed by atoms with Crippen molar-refractivity contribution in [1.29, 1.82) is 0 Å². The Balaban J connectivity index is 3.86. The average Bonchev–Trinajstić information content (AvgIpc) is 2.25. The van der Waals surface area contributed by atoms with Crippen LogP contribution in [0.1, 0.15) is 70.4 Å². The minimum Gasteiger partial charge on any atom is -0.507 e. The van der Waals surface area contributed by atoms with Crippen LogP contribution in [-0.4, -0.2) is 25.6 Å². The molecule has 1 N–H and O–H groups in total. The molecule has 0 amide bonds. The number of carbonyl (C=O) groups is 1. The summed E-state index contributed by atoms with van der Waals surface area (Å²) in [6.45, 7) is 13.0. The third-order valence-corrected chi connectivity index (χ3v) is 5.31. The summed E-state index contributed by atoms with van der Waals surface area (Å²) in [5.74, 6) is -0.248. The molecule has 4 nitrogen and oxygen atoms in total. The zero-order chi connectivity index (χ0) is 18.4. The first-order valence-corrected chi connectivity index (χ1v) is 9.59. The van der Waals surface area contributed by atoms with E-state index in [1.165, 1.54) is 6.92 Å². The molecule has 5 heteroatoms. The molecule has 0 bridgehead atoms. The maximum absolute atomic E-state index is 12.1. The van der Waals surface area contributed by atoms with Crippen molar-refractivity contribution in [3.8, 4) is 5.75 Å². The molecular weight excluding hydrogens is 312 g/mol. The third-order valence-electron chi connectivity index (χ3n) is 3.85. The minimum atomic E-state index is -3.59. The average molecular weight is 340 g/mol. The highest BCUT2D eigenvalue weighted by molar-refractivity contribution is 7.91. The van der Waals surface area contributed by atoms with E-state index in [0.29, 0.717) is 16.7 Å². The monoisotopic (exact) mass is 340 g/mol. The molecule has 1 atom stereocenters. The van der Waals surface area contributed by atoms with Gasteiger partial charge in [0.05, 0.1) is 0 Å². The maximum atomic E-state index is 12.1. The fraction of sp³-hybridized carbons (Fsp3) is 0.611. The number of hydrogen-bond donors (Lipinski definition) is 1. The summed E-state index contributed by atoms with van der Waals surface area (Å²) in [4.78, 5) is 12.0. The van der Waals surface area contributed by atoms with Gasteiger partial charge in [0.1, 0.15) is 11.0 Å². The second-order valence-corrected chi connectivity index (χ2v) is 10.4. The van der Waals surface area contributed by atoms with Gasteiger partial charge in [0, 0.05) is 6.26 Å². The number of hydrogen-bond acceptors (Lipinski definition) is 4. The number of benzene rings is 1. The molecule has 0 heterocycles.